The first-order valence-electron chi connectivity index (χ1n) is 4.05. The van der Waals surface area contributed by atoms with Crippen LogP contribution in [0, 0.1) is 19.7 Å². The van der Waals surface area contributed by atoms with E-state index in [0.29, 0.717) is 0 Å². The van der Waals surface area contributed by atoms with Crippen LogP contribution < -0.4 is 0 Å². The number of carboxylic acids is 1. The molecule has 0 unspecified atom stereocenters. The third-order valence-electron chi connectivity index (χ3n) is 1.49. The molecule has 1 N–H and O–H groups in total. The van der Waals surface area contributed by atoms with Gasteiger partial charge in [0.15, 0.2) is 0 Å². The van der Waals surface area contributed by atoms with Crippen LogP contribution in [0.4, 0.5) is 4.39 Å². The Morgan fingerprint density at radius 1 is 1.50 bits per heavy atom. The Kier molecular flexibility index (Phi) is 5.22. The average molecular weight is 196 g/mol. The lowest BCUT2D eigenvalue weighted by molar-refractivity contribution is -0.131. The van der Waals surface area contributed by atoms with Gasteiger partial charge in [-0.05, 0) is 25.5 Å². The third kappa shape index (κ3) is 5.09. The Bertz CT molecular complexity index is 332. The smallest absolute Gasteiger partial charge is 0.327 e. The highest BCUT2D eigenvalue weighted by Gasteiger charge is 1.93. The van der Waals surface area contributed by atoms with Crippen molar-refractivity contribution in [3.8, 4) is 0 Å². The molecule has 0 spiro atoms. The second-order valence-electron chi connectivity index (χ2n) is 2.79. The molecule has 0 bridgehead atoms. The van der Waals surface area contributed by atoms with Crippen LogP contribution in [0.15, 0.2) is 30.9 Å². The number of benzene rings is 1. The number of hydrogen-bond donors (Lipinski definition) is 1. The lowest BCUT2D eigenvalue weighted by Gasteiger charge is -1.95. The third-order valence-corrected chi connectivity index (χ3v) is 1.49. The van der Waals surface area contributed by atoms with Crippen molar-refractivity contribution in [1.82, 2.24) is 0 Å². The van der Waals surface area contributed by atoms with Crippen LogP contribution in [0.3, 0.4) is 0 Å². The van der Waals surface area contributed by atoms with Crippen molar-refractivity contribution in [3.63, 3.8) is 0 Å². The number of carbonyl (C=O) groups is 1. The molecule has 0 amide bonds. The summed E-state index contributed by atoms with van der Waals surface area (Å²) in [6, 6.07) is 5.09. The molecule has 2 nitrogen and oxygen atoms in total. The molecule has 0 saturated carbocycles. The lowest BCUT2D eigenvalue weighted by atomic mass is 10.1. The van der Waals surface area contributed by atoms with Crippen LogP contribution in [0.2, 0.25) is 0 Å². The van der Waals surface area contributed by atoms with Crippen LogP contribution in [-0.2, 0) is 4.79 Å². The maximum Gasteiger partial charge on any atom is 0.327 e. The molecule has 0 heterocycles. The summed E-state index contributed by atoms with van der Waals surface area (Å²) in [5.41, 5.74) is 1.82. The molecule has 1 aromatic carbocycles. The van der Waals surface area contributed by atoms with Gasteiger partial charge in [-0.15, -0.1) is 0 Å². The largest absolute Gasteiger partial charge is 0.478 e. The summed E-state index contributed by atoms with van der Waals surface area (Å²) >= 11 is 0. The molecule has 0 aliphatic carbocycles. The van der Waals surface area contributed by atoms with Crippen molar-refractivity contribution >= 4 is 5.97 Å². The number of hydrogen-bond acceptors (Lipinski definition) is 1. The predicted molar refractivity (Wildman–Crippen MR) is 53.7 cm³/mol. The van der Waals surface area contributed by atoms with Crippen molar-refractivity contribution in [2.45, 2.75) is 13.8 Å². The number of rotatable bonds is 1. The fourth-order valence-corrected chi connectivity index (χ4v) is 0.795. The highest BCUT2D eigenvalue weighted by atomic mass is 19.1. The molecule has 0 radical (unpaired) electrons. The number of aliphatic carboxylic acids is 1. The lowest BCUT2D eigenvalue weighted by Crippen LogP contribution is -1.82. The molecule has 0 fully saturated rings. The van der Waals surface area contributed by atoms with E-state index in [1.165, 1.54) is 6.07 Å². The zero-order valence-electron chi connectivity index (χ0n) is 8.25. The van der Waals surface area contributed by atoms with Gasteiger partial charge < -0.3 is 5.11 Å². The van der Waals surface area contributed by atoms with Crippen molar-refractivity contribution in [2.75, 3.05) is 0 Å². The molecular weight excluding hydrogens is 183 g/mol. The Morgan fingerprint density at radius 3 is 2.29 bits per heavy atom. The zero-order chi connectivity index (χ0) is 11.1. The molecule has 0 atom stereocenters. The van der Waals surface area contributed by atoms with E-state index in [-0.39, 0.29) is 5.82 Å². The van der Waals surface area contributed by atoms with Crippen LogP contribution in [0.5, 0.6) is 0 Å². The van der Waals surface area contributed by atoms with E-state index >= 15 is 0 Å². The molecule has 0 aliphatic heterocycles. The summed E-state index contributed by atoms with van der Waals surface area (Å²) < 4.78 is 12.5. The number of halogens is 1. The summed E-state index contributed by atoms with van der Waals surface area (Å²) in [6.07, 6.45) is 0.833. The van der Waals surface area contributed by atoms with Crippen LogP contribution in [0.1, 0.15) is 11.1 Å². The number of carboxylic acid groups (broad SMARTS) is 1. The van der Waals surface area contributed by atoms with Gasteiger partial charge in [0.05, 0.1) is 0 Å². The second kappa shape index (κ2) is 5.91. The molecule has 1 rings (SSSR count). The van der Waals surface area contributed by atoms with E-state index in [1.54, 1.807) is 13.0 Å². The molecule has 0 aliphatic rings. The average Bonchev–Trinajstić information content (AvgIpc) is 2.13. The predicted octanol–water partition coefficient (Wildman–Crippen LogP) is 2.70. The normalized spacial score (nSPS) is 8.50. The Balaban J connectivity index is 0.000000292. The maximum absolute atomic E-state index is 12.5. The quantitative estimate of drug-likeness (QED) is 0.701. The minimum Gasteiger partial charge on any atom is -0.478 e. The molecule has 3 heteroatoms. The fourth-order valence-electron chi connectivity index (χ4n) is 0.795. The first-order valence-corrected chi connectivity index (χ1v) is 4.05. The van der Waals surface area contributed by atoms with Crippen LogP contribution in [0.25, 0.3) is 0 Å². The van der Waals surface area contributed by atoms with E-state index in [1.807, 2.05) is 13.0 Å². The monoisotopic (exact) mass is 196 g/mol. The highest BCUT2D eigenvalue weighted by molar-refractivity contribution is 5.78. The van der Waals surface area contributed by atoms with Crippen LogP contribution >= 0.6 is 0 Å². The fraction of sp³-hybridized carbons (Fsp3) is 0.182. The summed E-state index contributed by atoms with van der Waals surface area (Å²) in [4.78, 5) is 9.25. The Morgan fingerprint density at radius 2 is 2.00 bits per heavy atom. The van der Waals surface area contributed by atoms with Gasteiger partial charge in [-0.2, -0.15) is 0 Å². The van der Waals surface area contributed by atoms with E-state index < -0.39 is 5.97 Å². The zero-order valence-corrected chi connectivity index (χ0v) is 8.25. The summed E-state index contributed by atoms with van der Waals surface area (Å²) in [5, 5.41) is 7.60. The van der Waals surface area contributed by atoms with E-state index in [9.17, 15) is 9.18 Å². The Labute approximate surface area is 82.7 Å². The van der Waals surface area contributed by atoms with Crippen molar-refractivity contribution < 1.29 is 14.3 Å². The topological polar surface area (TPSA) is 37.3 Å². The summed E-state index contributed by atoms with van der Waals surface area (Å²) in [7, 11) is 0. The minimum absolute atomic E-state index is 0.124. The van der Waals surface area contributed by atoms with Gasteiger partial charge in [-0.1, -0.05) is 24.3 Å². The van der Waals surface area contributed by atoms with Gasteiger partial charge in [0, 0.05) is 6.08 Å². The first kappa shape index (κ1) is 12.4. The molecule has 0 aromatic heterocycles. The van der Waals surface area contributed by atoms with Gasteiger partial charge in [-0.3, -0.25) is 0 Å². The van der Waals surface area contributed by atoms with Gasteiger partial charge >= 0.3 is 5.97 Å². The van der Waals surface area contributed by atoms with E-state index in [4.69, 9.17) is 5.11 Å². The molecule has 1 aromatic rings. The summed E-state index contributed by atoms with van der Waals surface area (Å²) in [5.74, 6) is -1.11. The summed E-state index contributed by atoms with van der Waals surface area (Å²) in [6.45, 7) is 6.68. The molecule has 76 valence electrons. The van der Waals surface area contributed by atoms with Gasteiger partial charge in [0.2, 0.25) is 0 Å². The highest BCUT2D eigenvalue weighted by Crippen LogP contribution is 2.06. The Hall–Kier alpha value is -1.64. The van der Waals surface area contributed by atoms with Crippen molar-refractivity contribution in [3.05, 3.63) is 47.8 Å². The molecule has 0 saturated heterocycles. The standard InChI is InChI=1S/C8H9F.C3H4O2/c1-6-3-4-8(9)7(2)5-6;1-2-3(4)5/h3-5H,1-2H3;2H,1H2,(H,4,5). The van der Waals surface area contributed by atoms with Crippen molar-refractivity contribution in [1.29, 1.82) is 0 Å². The maximum atomic E-state index is 12.5. The van der Waals surface area contributed by atoms with Crippen molar-refractivity contribution in [2.24, 2.45) is 0 Å². The second-order valence-corrected chi connectivity index (χ2v) is 2.79. The van der Waals surface area contributed by atoms with E-state index in [0.717, 1.165) is 17.2 Å². The van der Waals surface area contributed by atoms with Gasteiger partial charge in [0.1, 0.15) is 5.82 Å². The van der Waals surface area contributed by atoms with Gasteiger partial charge in [-0.25, -0.2) is 9.18 Å². The minimum atomic E-state index is -0.981. The molecular formula is C11H13FO2. The first-order chi connectivity index (χ1) is 6.47. The number of aryl methyl sites for hydroxylation is 2. The van der Waals surface area contributed by atoms with Gasteiger partial charge in [0.25, 0.3) is 0 Å². The van der Waals surface area contributed by atoms with E-state index in [2.05, 4.69) is 6.58 Å². The SMILES string of the molecule is C=CC(=O)O.Cc1ccc(F)c(C)c1. The van der Waals surface area contributed by atoms with Crippen LogP contribution in [-0.4, -0.2) is 11.1 Å². The molecule has 14 heavy (non-hydrogen) atoms.